The third kappa shape index (κ3) is 3.25. The van der Waals surface area contributed by atoms with E-state index in [1.807, 2.05) is 0 Å². The highest BCUT2D eigenvalue weighted by atomic mass is 32.1. The Bertz CT molecular complexity index is 527. The van der Waals surface area contributed by atoms with Crippen molar-refractivity contribution < 1.29 is 40.3 Å². The van der Waals surface area contributed by atoms with Crippen LogP contribution in [-0.4, -0.2) is 29.8 Å². The summed E-state index contributed by atoms with van der Waals surface area (Å²) in [5.41, 5.74) is 2.13. The second kappa shape index (κ2) is 5.50. The zero-order valence-electron chi connectivity index (χ0n) is 9.60. The van der Waals surface area contributed by atoms with Gasteiger partial charge >= 0.3 is 23.9 Å². The standard InChI is InChI=1S/C9H5F7N2O2S/c10-7(11,8(12,13)9(14,15)16)6(20)18-17-5(19)4-2-1-3-21-4/h1-3H,(H,17,19)(H,18,20). The molecule has 21 heavy (non-hydrogen) atoms. The molecular formula is C9H5F7N2O2S. The summed E-state index contributed by atoms with van der Waals surface area (Å²) in [6.07, 6.45) is -6.63. The number of alkyl halides is 7. The van der Waals surface area contributed by atoms with Crippen LogP contribution in [0.15, 0.2) is 17.5 Å². The largest absolute Gasteiger partial charge is 0.460 e. The summed E-state index contributed by atoms with van der Waals surface area (Å²) in [6, 6.07) is 2.59. The van der Waals surface area contributed by atoms with Crippen LogP contribution in [0.25, 0.3) is 0 Å². The molecule has 0 atom stereocenters. The SMILES string of the molecule is O=C(NNC(=O)C(F)(F)C(F)(F)C(F)(F)F)c1cccs1. The van der Waals surface area contributed by atoms with E-state index in [-0.39, 0.29) is 4.88 Å². The molecule has 1 aromatic heterocycles. The molecule has 2 amide bonds. The number of thiophene rings is 1. The molecule has 12 heteroatoms. The van der Waals surface area contributed by atoms with Gasteiger partial charge in [-0.25, -0.2) is 0 Å². The van der Waals surface area contributed by atoms with Crippen molar-refractivity contribution in [1.29, 1.82) is 0 Å². The Labute approximate surface area is 115 Å². The molecule has 0 aliphatic heterocycles. The Balaban J connectivity index is 2.77. The Morgan fingerprint density at radius 2 is 1.57 bits per heavy atom. The summed E-state index contributed by atoms with van der Waals surface area (Å²) in [7, 11) is 0. The Kier molecular flexibility index (Phi) is 4.51. The fourth-order valence-corrected chi connectivity index (χ4v) is 1.60. The maximum atomic E-state index is 12.9. The van der Waals surface area contributed by atoms with Crippen molar-refractivity contribution in [2.75, 3.05) is 0 Å². The molecule has 0 unspecified atom stereocenters. The second-order valence-electron chi connectivity index (χ2n) is 3.53. The van der Waals surface area contributed by atoms with Crippen molar-refractivity contribution in [3.05, 3.63) is 22.4 Å². The number of carbonyl (C=O) groups is 2. The third-order valence-corrected chi connectivity index (χ3v) is 2.94. The lowest BCUT2D eigenvalue weighted by Crippen LogP contribution is -2.61. The summed E-state index contributed by atoms with van der Waals surface area (Å²) in [5, 5.41) is 1.41. The predicted octanol–water partition coefficient (Wildman–Crippen LogP) is 2.34. The van der Waals surface area contributed by atoms with Gasteiger partial charge in [0.25, 0.3) is 5.91 Å². The summed E-state index contributed by atoms with van der Waals surface area (Å²) >= 11 is 0.821. The normalized spacial score (nSPS) is 12.9. The first-order chi connectivity index (χ1) is 9.41. The number of nitrogens with one attached hydrogen (secondary N) is 2. The highest BCUT2D eigenvalue weighted by Crippen LogP contribution is 2.46. The summed E-state index contributed by atoms with van der Waals surface area (Å²) < 4.78 is 86.2. The molecule has 1 heterocycles. The van der Waals surface area contributed by atoms with Gasteiger partial charge in [-0.15, -0.1) is 11.3 Å². The van der Waals surface area contributed by atoms with Crippen LogP contribution in [0.3, 0.4) is 0 Å². The van der Waals surface area contributed by atoms with Crippen molar-refractivity contribution in [1.82, 2.24) is 10.9 Å². The number of carbonyl (C=O) groups excluding carboxylic acids is 2. The first kappa shape index (κ1) is 17.2. The molecule has 0 fully saturated rings. The minimum Gasteiger partial charge on any atom is -0.266 e. The molecule has 0 aliphatic carbocycles. The quantitative estimate of drug-likeness (QED) is 0.657. The molecule has 0 spiro atoms. The van der Waals surface area contributed by atoms with E-state index in [9.17, 15) is 40.3 Å². The lowest BCUT2D eigenvalue weighted by Gasteiger charge is -2.26. The van der Waals surface area contributed by atoms with Crippen LogP contribution >= 0.6 is 11.3 Å². The number of halogens is 7. The van der Waals surface area contributed by atoms with Gasteiger partial charge in [0, 0.05) is 0 Å². The average Bonchev–Trinajstić information content (AvgIpc) is 2.87. The Morgan fingerprint density at radius 3 is 2.00 bits per heavy atom. The molecule has 4 nitrogen and oxygen atoms in total. The van der Waals surface area contributed by atoms with E-state index in [0.717, 1.165) is 16.8 Å². The predicted molar refractivity (Wildman–Crippen MR) is 55.9 cm³/mol. The molecule has 118 valence electrons. The average molecular weight is 338 g/mol. The first-order valence-corrected chi connectivity index (χ1v) is 5.76. The van der Waals surface area contributed by atoms with E-state index < -0.39 is 29.8 Å². The van der Waals surface area contributed by atoms with Crippen LogP contribution in [0, 0.1) is 0 Å². The van der Waals surface area contributed by atoms with E-state index in [2.05, 4.69) is 0 Å². The monoisotopic (exact) mass is 338 g/mol. The summed E-state index contributed by atoms with van der Waals surface area (Å²) in [5.74, 6) is -16.8. The van der Waals surface area contributed by atoms with Gasteiger partial charge in [-0.1, -0.05) is 6.07 Å². The van der Waals surface area contributed by atoms with Crippen LogP contribution < -0.4 is 10.9 Å². The molecule has 0 saturated carbocycles. The van der Waals surface area contributed by atoms with Gasteiger partial charge in [0.15, 0.2) is 0 Å². The Morgan fingerprint density at radius 1 is 1.00 bits per heavy atom. The number of hydrogen-bond donors (Lipinski definition) is 2. The zero-order valence-corrected chi connectivity index (χ0v) is 10.4. The zero-order chi connectivity index (χ0) is 16.5. The van der Waals surface area contributed by atoms with Gasteiger partial charge in [0.05, 0.1) is 4.88 Å². The van der Waals surface area contributed by atoms with E-state index in [1.165, 1.54) is 22.9 Å². The number of hydrogen-bond acceptors (Lipinski definition) is 3. The van der Waals surface area contributed by atoms with Crippen molar-refractivity contribution in [2.45, 2.75) is 18.0 Å². The molecule has 0 bridgehead atoms. The highest BCUT2D eigenvalue weighted by molar-refractivity contribution is 7.12. The molecule has 0 radical (unpaired) electrons. The minimum absolute atomic E-state index is 0.0822. The van der Waals surface area contributed by atoms with Crippen LogP contribution in [0.1, 0.15) is 9.67 Å². The number of amides is 2. The molecule has 1 aromatic rings. The van der Waals surface area contributed by atoms with Gasteiger partial charge in [-0.05, 0) is 11.4 Å². The smallest absolute Gasteiger partial charge is 0.266 e. The van der Waals surface area contributed by atoms with Gasteiger partial charge in [-0.3, -0.25) is 20.4 Å². The molecule has 0 aliphatic rings. The lowest BCUT2D eigenvalue weighted by molar-refractivity contribution is -0.344. The molecule has 1 rings (SSSR count). The maximum Gasteiger partial charge on any atom is 0.460 e. The first-order valence-electron chi connectivity index (χ1n) is 4.88. The van der Waals surface area contributed by atoms with E-state index in [4.69, 9.17) is 0 Å². The lowest BCUT2D eigenvalue weighted by atomic mass is 10.1. The highest BCUT2D eigenvalue weighted by Gasteiger charge is 2.76. The van der Waals surface area contributed by atoms with Gasteiger partial charge in [0.1, 0.15) is 0 Å². The van der Waals surface area contributed by atoms with Gasteiger partial charge in [0.2, 0.25) is 0 Å². The van der Waals surface area contributed by atoms with Crippen LogP contribution in [0.2, 0.25) is 0 Å². The van der Waals surface area contributed by atoms with Crippen molar-refractivity contribution in [3.8, 4) is 0 Å². The maximum absolute atomic E-state index is 12.9. The van der Waals surface area contributed by atoms with Crippen LogP contribution in [0.5, 0.6) is 0 Å². The summed E-state index contributed by atoms with van der Waals surface area (Å²) in [4.78, 5) is 21.9. The third-order valence-electron chi connectivity index (χ3n) is 2.07. The van der Waals surface area contributed by atoms with E-state index >= 15 is 0 Å². The molecular weight excluding hydrogens is 333 g/mol. The van der Waals surface area contributed by atoms with Gasteiger partial charge in [-0.2, -0.15) is 30.7 Å². The second-order valence-corrected chi connectivity index (χ2v) is 4.48. The van der Waals surface area contributed by atoms with Gasteiger partial charge < -0.3 is 0 Å². The number of rotatable bonds is 3. The van der Waals surface area contributed by atoms with E-state index in [1.54, 1.807) is 0 Å². The van der Waals surface area contributed by atoms with E-state index in [0.29, 0.717) is 0 Å². The topological polar surface area (TPSA) is 58.2 Å². The molecule has 0 aromatic carbocycles. The minimum atomic E-state index is -6.63. The van der Waals surface area contributed by atoms with Crippen molar-refractivity contribution in [2.24, 2.45) is 0 Å². The van der Waals surface area contributed by atoms with Crippen LogP contribution in [-0.2, 0) is 4.79 Å². The Hall–Kier alpha value is -1.85. The fraction of sp³-hybridized carbons (Fsp3) is 0.333. The summed E-state index contributed by atoms with van der Waals surface area (Å²) in [6.45, 7) is 0. The van der Waals surface area contributed by atoms with Crippen molar-refractivity contribution >= 4 is 23.2 Å². The number of hydrazine groups is 1. The molecule has 0 saturated heterocycles. The van der Waals surface area contributed by atoms with Crippen LogP contribution in [0.4, 0.5) is 30.7 Å². The fourth-order valence-electron chi connectivity index (χ4n) is 0.982. The molecule has 2 N–H and O–H groups in total. The van der Waals surface area contributed by atoms with Crippen molar-refractivity contribution in [3.63, 3.8) is 0 Å².